The fourth-order valence-corrected chi connectivity index (χ4v) is 3.20. The third kappa shape index (κ3) is 5.56. The van der Waals surface area contributed by atoms with Crippen LogP contribution in [0.15, 0.2) is 60.7 Å². The van der Waals surface area contributed by atoms with Crippen LogP contribution in [0.4, 0.5) is 5.69 Å². The largest absolute Gasteiger partial charge is 0.483 e. The lowest BCUT2D eigenvalue weighted by Crippen LogP contribution is -2.31. The van der Waals surface area contributed by atoms with Crippen molar-refractivity contribution in [3.05, 3.63) is 71.8 Å². The van der Waals surface area contributed by atoms with Crippen molar-refractivity contribution < 1.29 is 14.6 Å². The standard InChI is InChI=1S/C24H28N2O3/c1-3-19(15-27)25-14-22-21-7-5-4-6-18(21)10-13-23(22)29-16-24(28)26-20-11-8-17(2)9-12-20/h4-13,19,25,27H,3,14-16H2,1-2H3,(H,26,28). The average molecular weight is 392 g/mol. The summed E-state index contributed by atoms with van der Waals surface area (Å²) in [7, 11) is 0. The van der Waals surface area contributed by atoms with Gasteiger partial charge in [-0.3, -0.25) is 4.79 Å². The Balaban J connectivity index is 1.74. The molecule has 0 saturated carbocycles. The maximum atomic E-state index is 12.3. The van der Waals surface area contributed by atoms with E-state index in [0.717, 1.165) is 34.0 Å². The van der Waals surface area contributed by atoms with E-state index in [1.54, 1.807) is 0 Å². The smallest absolute Gasteiger partial charge is 0.262 e. The van der Waals surface area contributed by atoms with Crippen molar-refractivity contribution in [2.75, 3.05) is 18.5 Å². The molecule has 0 fully saturated rings. The summed E-state index contributed by atoms with van der Waals surface area (Å²) in [6.45, 7) is 4.59. The van der Waals surface area contributed by atoms with Crippen molar-refractivity contribution in [3.63, 3.8) is 0 Å². The Morgan fingerprint density at radius 1 is 1.07 bits per heavy atom. The Kier molecular flexibility index (Phi) is 7.22. The molecule has 5 nitrogen and oxygen atoms in total. The number of amides is 1. The van der Waals surface area contributed by atoms with E-state index in [1.165, 1.54) is 0 Å². The van der Waals surface area contributed by atoms with Gasteiger partial charge in [0.1, 0.15) is 5.75 Å². The van der Waals surface area contributed by atoms with Gasteiger partial charge in [0.05, 0.1) is 6.61 Å². The summed E-state index contributed by atoms with van der Waals surface area (Å²) in [5.41, 5.74) is 2.87. The molecule has 3 aromatic rings. The van der Waals surface area contributed by atoms with Gasteiger partial charge in [-0.25, -0.2) is 0 Å². The lowest BCUT2D eigenvalue weighted by molar-refractivity contribution is -0.118. The average Bonchev–Trinajstić information content (AvgIpc) is 2.75. The topological polar surface area (TPSA) is 70.6 Å². The van der Waals surface area contributed by atoms with E-state index in [2.05, 4.69) is 16.7 Å². The Bertz CT molecular complexity index is 950. The first kappa shape index (κ1) is 20.8. The highest BCUT2D eigenvalue weighted by atomic mass is 16.5. The molecule has 3 rings (SSSR count). The van der Waals surface area contributed by atoms with E-state index in [-0.39, 0.29) is 25.2 Å². The van der Waals surface area contributed by atoms with Crippen LogP contribution in [0.3, 0.4) is 0 Å². The SMILES string of the molecule is CCC(CO)NCc1c(OCC(=O)Nc2ccc(C)cc2)ccc2ccccc12. The number of benzene rings is 3. The quantitative estimate of drug-likeness (QED) is 0.514. The third-order valence-corrected chi connectivity index (χ3v) is 4.97. The molecule has 0 spiro atoms. The van der Waals surface area contributed by atoms with Gasteiger partial charge in [-0.2, -0.15) is 0 Å². The fraction of sp³-hybridized carbons (Fsp3) is 0.292. The zero-order valence-electron chi connectivity index (χ0n) is 16.9. The molecular weight excluding hydrogens is 364 g/mol. The summed E-state index contributed by atoms with van der Waals surface area (Å²) in [6, 6.07) is 19.7. The molecule has 0 aromatic heterocycles. The van der Waals surface area contributed by atoms with Gasteiger partial charge >= 0.3 is 0 Å². The molecular formula is C24H28N2O3. The molecule has 1 atom stereocenters. The number of aryl methyl sites for hydroxylation is 1. The van der Waals surface area contributed by atoms with Crippen molar-refractivity contribution in [3.8, 4) is 5.75 Å². The monoisotopic (exact) mass is 392 g/mol. The van der Waals surface area contributed by atoms with Crippen LogP contribution in [0.5, 0.6) is 5.75 Å². The number of carbonyl (C=O) groups is 1. The lowest BCUT2D eigenvalue weighted by atomic mass is 10.0. The van der Waals surface area contributed by atoms with Crippen molar-refractivity contribution in [2.45, 2.75) is 32.9 Å². The van der Waals surface area contributed by atoms with Gasteiger partial charge in [-0.15, -0.1) is 0 Å². The van der Waals surface area contributed by atoms with Crippen LogP contribution in [-0.2, 0) is 11.3 Å². The second kappa shape index (κ2) is 10.0. The predicted molar refractivity (Wildman–Crippen MR) is 117 cm³/mol. The maximum absolute atomic E-state index is 12.3. The van der Waals surface area contributed by atoms with Crippen LogP contribution in [-0.4, -0.2) is 30.3 Å². The van der Waals surface area contributed by atoms with Gasteiger partial charge in [0, 0.05) is 23.8 Å². The molecule has 152 valence electrons. The molecule has 29 heavy (non-hydrogen) atoms. The van der Waals surface area contributed by atoms with Crippen molar-refractivity contribution in [2.24, 2.45) is 0 Å². The Labute approximate surface area is 171 Å². The minimum atomic E-state index is -0.206. The first-order valence-corrected chi connectivity index (χ1v) is 9.95. The van der Waals surface area contributed by atoms with E-state index < -0.39 is 0 Å². The van der Waals surface area contributed by atoms with E-state index in [0.29, 0.717) is 12.3 Å². The number of hydrogen-bond donors (Lipinski definition) is 3. The third-order valence-electron chi connectivity index (χ3n) is 4.97. The number of aliphatic hydroxyl groups is 1. The normalized spacial score (nSPS) is 12.0. The molecule has 1 amide bonds. The summed E-state index contributed by atoms with van der Waals surface area (Å²) in [4.78, 5) is 12.3. The molecule has 3 N–H and O–H groups in total. The minimum absolute atomic E-state index is 0.0201. The van der Waals surface area contributed by atoms with Crippen molar-refractivity contribution in [1.29, 1.82) is 0 Å². The van der Waals surface area contributed by atoms with E-state index >= 15 is 0 Å². The van der Waals surface area contributed by atoms with Crippen LogP contribution in [0.2, 0.25) is 0 Å². The van der Waals surface area contributed by atoms with Gasteiger partial charge in [0.2, 0.25) is 0 Å². The van der Waals surface area contributed by atoms with Gasteiger partial charge in [0.25, 0.3) is 5.91 Å². The highest BCUT2D eigenvalue weighted by Crippen LogP contribution is 2.28. The highest BCUT2D eigenvalue weighted by Gasteiger charge is 2.13. The van der Waals surface area contributed by atoms with Gasteiger partial charge in [-0.05, 0) is 42.3 Å². The first-order chi connectivity index (χ1) is 14.1. The molecule has 0 bridgehead atoms. The zero-order valence-corrected chi connectivity index (χ0v) is 16.9. The molecule has 0 radical (unpaired) electrons. The summed E-state index contributed by atoms with van der Waals surface area (Å²) in [6.07, 6.45) is 0.830. The Hall–Kier alpha value is -2.89. The van der Waals surface area contributed by atoms with E-state index in [9.17, 15) is 9.90 Å². The second-order valence-corrected chi connectivity index (χ2v) is 7.13. The Morgan fingerprint density at radius 3 is 2.55 bits per heavy atom. The van der Waals surface area contributed by atoms with E-state index in [4.69, 9.17) is 4.74 Å². The summed E-state index contributed by atoms with van der Waals surface area (Å²) >= 11 is 0. The first-order valence-electron chi connectivity index (χ1n) is 9.95. The van der Waals surface area contributed by atoms with Gasteiger partial charge in [-0.1, -0.05) is 55.0 Å². The number of rotatable bonds is 9. The van der Waals surface area contributed by atoms with Crippen molar-refractivity contribution in [1.82, 2.24) is 5.32 Å². The molecule has 5 heteroatoms. The lowest BCUT2D eigenvalue weighted by Gasteiger charge is -2.18. The van der Waals surface area contributed by atoms with Gasteiger partial charge in [0.15, 0.2) is 6.61 Å². The van der Waals surface area contributed by atoms with Crippen LogP contribution < -0.4 is 15.4 Å². The molecule has 3 aromatic carbocycles. The number of nitrogens with one attached hydrogen (secondary N) is 2. The molecule has 0 aliphatic rings. The number of hydrogen-bond acceptors (Lipinski definition) is 4. The molecule has 1 unspecified atom stereocenters. The number of carbonyl (C=O) groups excluding carboxylic acids is 1. The maximum Gasteiger partial charge on any atom is 0.262 e. The van der Waals surface area contributed by atoms with Gasteiger partial charge < -0.3 is 20.5 Å². The number of anilines is 1. The predicted octanol–water partition coefficient (Wildman–Crippen LogP) is 4.03. The zero-order chi connectivity index (χ0) is 20.6. The van der Waals surface area contributed by atoms with Crippen LogP contribution in [0.1, 0.15) is 24.5 Å². The summed E-state index contributed by atoms with van der Waals surface area (Å²) in [5.74, 6) is 0.464. The minimum Gasteiger partial charge on any atom is -0.483 e. The molecule has 0 saturated heterocycles. The highest BCUT2D eigenvalue weighted by molar-refractivity contribution is 5.92. The molecule has 0 aliphatic carbocycles. The summed E-state index contributed by atoms with van der Waals surface area (Å²) in [5, 5.41) is 17.9. The van der Waals surface area contributed by atoms with Crippen LogP contribution in [0, 0.1) is 6.92 Å². The van der Waals surface area contributed by atoms with Crippen molar-refractivity contribution >= 4 is 22.4 Å². The Morgan fingerprint density at radius 2 is 1.83 bits per heavy atom. The fourth-order valence-electron chi connectivity index (χ4n) is 3.20. The van der Waals surface area contributed by atoms with Crippen LogP contribution in [0.25, 0.3) is 10.8 Å². The second-order valence-electron chi connectivity index (χ2n) is 7.13. The number of aliphatic hydroxyl groups excluding tert-OH is 1. The van der Waals surface area contributed by atoms with Crippen LogP contribution >= 0.6 is 0 Å². The summed E-state index contributed by atoms with van der Waals surface area (Å²) < 4.78 is 5.89. The number of fused-ring (bicyclic) bond motifs is 1. The molecule has 0 heterocycles. The number of ether oxygens (including phenoxy) is 1. The molecule has 0 aliphatic heterocycles. The van der Waals surface area contributed by atoms with E-state index in [1.807, 2.05) is 68.4 Å².